The number of urea groups is 1. The summed E-state index contributed by atoms with van der Waals surface area (Å²) in [6, 6.07) is 5.05. The summed E-state index contributed by atoms with van der Waals surface area (Å²) in [6.07, 6.45) is -4.84. The Bertz CT molecular complexity index is 758. The molecule has 2 aromatic carbocycles. The molecule has 0 spiro atoms. The van der Waals surface area contributed by atoms with Gasteiger partial charge in [-0.05, 0) is 17.7 Å². The summed E-state index contributed by atoms with van der Waals surface area (Å²) < 4.78 is 66.2. The van der Waals surface area contributed by atoms with Gasteiger partial charge in [0, 0.05) is 0 Å². The molecule has 1 unspecified atom stereocenters. The Hall–Kier alpha value is -2.97. The molecular weight excluding hydrogens is 347 g/mol. The summed E-state index contributed by atoms with van der Waals surface area (Å²) >= 11 is 0. The lowest BCUT2D eigenvalue weighted by atomic mass is 10.1. The summed E-state index contributed by atoms with van der Waals surface area (Å²) in [4.78, 5) is 23.4. The van der Waals surface area contributed by atoms with E-state index in [2.05, 4.69) is 0 Å². The molecule has 0 fully saturated rings. The van der Waals surface area contributed by atoms with Crippen molar-refractivity contribution in [1.82, 2.24) is 10.6 Å². The molecule has 0 radical (unpaired) electrons. The normalized spacial score (nSPS) is 12.4. The molecule has 2 N–H and O–H groups in total. The molecule has 1 atom stereocenters. The Morgan fingerprint density at radius 3 is 1.96 bits per heavy atom. The summed E-state index contributed by atoms with van der Waals surface area (Å²) in [5.74, 6) is -4.00. The molecule has 0 aliphatic carbocycles. The second-order valence-corrected chi connectivity index (χ2v) is 4.91. The third-order valence-corrected chi connectivity index (χ3v) is 3.15. The highest BCUT2D eigenvalue weighted by molar-refractivity contribution is 6.04. The zero-order valence-corrected chi connectivity index (χ0v) is 12.4. The van der Waals surface area contributed by atoms with Crippen LogP contribution in [-0.2, 0) is 0 Å². The summed E-state index contributed by atoms with van der Waals surface area (Å²) in [5.41, 5.74) is -1.34. The maximum absolute atomic E-state index is 13.5. The first-order chi connectivity index (χ1) is 11.7. The number of halogens is 5. The van der Waals surface area contributed by atoms with Gasteiger partial charge in [0.1, 0.15) is 17.2 Å². The highest BCUT2D eigenvalue weighted by Gasteiger charge is 2.42. The van der Waals surface area contributed by atoms with Crippen LogP contribution < -0.4 is 10.6 Å². The number of carbonyl (C=O) groups is 2. The maximum Gasteiger partial charge on any atom is 0.412 e. The number of rotatable bonds is 3. The van der Waals surface area contributed by atoms with Gasteiger partial charge in [0.2, 0.25) is 0 Å². The lowest BCUT2D eigenvalue weighted by Gasteiger charge is -2.22. The van der Waals surface area contributed by atoms with Crippen molar-refractivity contribution in [1.29, 1.82) is 0 Å². The molecule has 2 aromatic rings. The molecule has 3 amide bonds. The Kier molecular flexibility index (Phi) is 5.35. The maximum atomic E-state index is 13.5. The van der Waals surface area contributed by atoms with Crippen LogP contribution in [-0.4, -0.2) is 18.1 Å². The second-order valence-electron chi connectivity index (χ2n) is 4.91. The Balaban J connectivity index is 2.16. The number of alkyl halides is 3. The van der Waals surface area contributed by atoms with Crippen LogP contribution in [0.15, 0.2) is 48.5 Å². The largest absolute Gasteiger partial charge is 0.412 e. The van der Waals surface area contributed by atoms with Crippen molar-refractivity contribution in [3.8, 4) is 0 Å². The summed E-state index contributed by atoms with van der Waals surface area (Å²) in [5, 5.41) is 3.05. The minimum atomic E-state index is -4.84. The van der Waals surface area contributed by atoms with Gasteiger partial charge in [0.15, 0.2) is 6.04 Å². The predicted molar refractivity (Wildman–Crippen MR) is 77.6 cm³/mol. The van der Waals surface area contributed by atoms with Gasteiger partial charge in [-0.2, -0.15) is 13.2 Å². The molecule has 0 saturated heterocycles. The third kappa shape index (κ3) is 4.52. The van der Waals surface area contributed by atoms with E-state index in [1.54, 1.807) is 5.32 Å². The smallest absolute Gasteiger partial charge is 0.322 e. The topological polar surface area (TPSA) is 58.2 Å². The Labute approximate surface area is 138 Å². The SMILES string of the molecule is O=C(NC(=O)c1c(F)cccc1F)NC(c1ccccc1)C(F)(F)F. The average Bonchev–Trinajstić information content (AvgIpc) is 2.52. The van der Waals surface area contributed by atoms with Gasteiger partial charge in [0.25, 0.3) is 5.91 Å². The standard InChI is InChI=1S/C16H11F5N2O2/c17-10-7-4-8-11(18)12(10)14(24)23-15(25)22-13(16(19,20)21)9-5-2-1-3-6-9/h1-8,13H,(H2,22,23,24,25). The van der Waals surface area contributed by atoms with Crippen LogP contribution in [0.1, 0.15) is 22.0 Å². The van der Waals surface area contributed by atoms with Crippen LogP contribution in [0.3, 0.4) is 0 Å². The van der Waals surface area contributed by atoms with Crippen molar-refractivity contribution >= 4 is 11.9 Å². The molecule has 0 saturated carbocycles. The first kappa shape index (κ1) is 18.4. The minimum Gasteiger partial charge on any atom is -0.322 e. The van der Waals surface area contributed by atoms with E-state index in [0.717, 1.165) is 30.3 Å². The molecule has 4 nitrogen and oxygen atoms in total. The van der Waals surface area contributed by atoms with Crippen molar-refractivity contribution in [2.24, 2.45) is 0 Å². The Morgan fingerprint density at radius 1 is 0.880 bits per heavy atom. The van der Waals surface area contributed by atoms with E-state index in [-0.39, 0.29) is 5.56 Å². The second kappa shape index (κ2) is 7.29. The van der Waals surface area contributed by atoms with E-state index in [1.807, 2.05) is 0 Å². The summed E-state index contributed by atoms with van der Waals surface area (Å²) in [6.45, 7) is 0. The van der Waals surface area contributed by atoms with Crippen molar-refractivity contribution in [3.05, 3.63) is 71.3 Å². The zero-order chi connectivity index (χ0) is 18.6. The number of hydrogen-bond donors (Lipinski definition) is 2. The lowest BCUT2D eigenvalue weighted by molar-refractivity contribution is -0.154. The number of nitrogens with one attached hydrogen (secondary N) is 2. The van der Waals surface area contributed by atoms with Gasteiger partial charge in [0.05, 0.1) is 0 Å². The fraction of sp³-hybridized carbons (Fsp3) is 0.125. The monoisotopic (exact) mass is 358 g/mol. The number of amides is 3. The number of carbonyl (C=O) groups excluding carboxylic acids is 2. The quantitative estimate of drug-likeness (QED) is 0.822. The molecule has 25 heavy (non-hydrogen) atoms. The molecule has 132 valence electrons. The van der Waals surface area contributed by atoms with Crippen molar-refractivity contribution in [2.45, 2.75) is 12.2 Å². The van der Waals surface area contributed by atoms with E-state index >= 15 is 0 Å². The van der Waals surface area contributed by atoms with Gasteiger partial charge < -0.3 is 5.32 Å². The van der Waals surface area contributed by atoms with E-state index in [1.165, 1.54) is 23.5 Å². The molecule has 0 aromatic heterocycles. The van der Waals surface area contributed by atoms with Crippen molar-refractivity contribution < 1.29 is 31.5 Å². The van der Waals surface area contributed by atoms with Crippen LogP contribution in [0.5, 0.6) is 0 Å². The highest BCUT2D eigenvalue weighted by Crippen LogP contribution is 2.32. The van der Waals surface area contributed by atoms with Crippen LogP contribution in [0.2, 0.25) is 0 Å². The molecular formula is C16H11F5N2O2. The molecule has 0 bridgehead atoms. The fourth-order valence-corrected chi connectivity index (χ4v) is 2.05. The van der Waals surface area contributed by atoms with Gasteiger partial charge in [-0.25, -0.2) is 13.6 Å². The number of benzene rings is 2. The molecule has 0 aliphatic rings. The van der Waals surface area contributed by atoms with Gasteiger partial charge in [-0.15, -0.1) is 0 Å². The van der Waals surface area contributed by atoms with Crippen molar-refractivity contribution in [2.75, 3.05) is 0 Å². The van der Waals surface area contributed by atoms with Crippen LogP contribution in [0.4, 0.5) is 26.7 Å². The molecule has 9 heteroatoms. The van der Waals surface area contributed by atoms with Crippen molar-refractivity contribution in [3.63, 3.8) is 0 Å². The first-order valence-electron chi connectivity index (χ1n) is 6.87. The van der Waals surface area contributed by atoms with Gasteiger partial charge >= 0.3 is 12.2 Å². The first-order valence-corrected chi connectivity index (χ1v) is 6.87. The predicted octanol–water partition coefficient (Wildman–Crippen LogP) is 3.71. The fourth-order valence-electron chi connectivity index (χ4n) is 2.05. The molecule has 2 rings (SSSR count). The lowest BCUT2D eigenvalue weighted by Crippen LogP contribution is -2.45. The minimum absolute atomic E-state index is 0.269. The van der Waals surface area contributed by atoms with E-state index in [0.29, 0.717) is 0 Å². The average molecular weight is 358 g/mol. The Morgan fingerprint density at radius 2 is 1.44 bits per heavy atom. The summed E-state index contributed by atoms with van der Waals surface area (Å²) in [7, 11) is 0. The molecule has 0 aliphatic heterocycles. The number of imide groups is 1. The van der Waals surface area contributed by atoms with Gasteiger partial charge in [-0.3, -0.25) is 10.1 Å². The van der Waals surface area contributed by atoms with Crippen LogP contribution in [0.25, 0.3) is 0 Å². The third-order valence-electron chi connectivity index (χ3n) is 3.15. The van der Waals surface area contributed by atoms with E-state index in [4.69, 9.17) is 0 Å². The van der Waals surface area contributed by atoms with E-state index in [9.17, 15) is 31.5 Å². The van der Waals surface area contributed by atoms with E-state index < -0.39 is 41.4 Å². The van der Waals surface area contributed by atoms with Crippen LogP contribution in [0, 0.1) is 11.6 Å². The highest BCUT2D eigenvalue weighted by atomic mass is 19.4. The number of hydrogen-bond acceptors (Lipinski definition) is 2. The zero-order valence-electron chi connectivity index (χ0n) is 12.4. The molecule has 0 heterocycles. The van der Waals surface area contributed by atoms with Crippen LogP contribution >= 0.6 is 0 Å². The van der Waals surface area contributed by atoms with Gasteiger partial charge in [-0.1, -0.05) is 36.4 Å².